The van der Waals surface area contributed by atoms with Crippen LogP contribution in [0.1, 0.15) is 5.56 Å². The Labute approximate surface area is 84.6 Å². The van der Waals surface area contributed by atoms with Crippen molar-refractivity contribution in [1.82, 2.24) is 9.97 Å². The Hall–Kier alpha value is -1.17. The van der Waals surface area contributed by atoms with Crippen molar-refractivity contribution in [2.75, 3.05) is 24.7 Å². The maximum Gasteiger partial charge on any atom is 0.143 e. The fourth-order valence-electron chi connectivity index (χ4n) is 0.939. The van der Waals surface area contributed by atoms with Gasteiger partial charge in [0.25, 0.3) is 0 Å². The summed E-state index contributed by atoms with van der Waals surface area (Å²) in [6, 6.07) is 0. The van der Waals surface area contributed by atoms with Crippen molar-refractivity contribution in [3.63, 3.8) is 0 Å². The van der Waals surface area contributed by atoms with E-state index in [4.69, 9.17) is 11.1 Å². The number of nitrogen functional groups attached to an aromatic ring is 1. The third-order valence-electron chi connectivity index (χ3n) is 1.50. The number of nitrogens with zero attached hydrogens (tertiary/aromatic N) is 3. The summed E-state index contributed by atoms with van der Waals surface area (Å²) in [5.41, 5.74) is 6.13. The summed E-state index contributed by atoms with van der Waals surface area (Å²) in [4.78, 5) is 9.62. The third-order valence-corrected chi connectivity index (χ3v) is 1.90. The third kappa shape index (κ3) is 1.95. The molecule has 6 heteroatoms. The van der Waals surface area contributed by atoms with Gasteiger partial charge in [-0.3, -0.25) is 5.41 Å². The molecule has 0 aliphatic carbocycles. The summed E-state index contributed by atoms with van der Waals surface area (Å²) in [7, 11) is 3.67. The van der Waals surface area contributed by atoms with E-state index in [0.29, 0.717) is 17.2 Å². The highest BCUT2D eigenvalue weighted by Crippen LogP contribution is 2.21. The summed E-state index contributed by atoms with van der Waals surface area (Å²) in [6.07, 6.45) is 1.38. The zero-order valence-electron chi connectivity index (χ0n) is 7.37. The quantitative estimate of drug-likeness (QED) is 0.755. The lowest BCUT2D eigenvalue weighted by molar-refractivity contribution is 1.04. The fourth-order valence-corrected chi connectivity index (χ4v) is 1.32. The van der Waals surface area contributed by atoms with E-state index >= 15 is 0 Å². The summed E-state index contributed by atoms with van der Waals surface area (Å²) < 4.78 is 0.189. The van der Waals surface area contributed by atoms with Gasteiger partial charge in [0, 0.05) is 14.1 Å². The Balaban J connectivity index is 3.34. The lowest BCUT2D eigenvalue weighted by atomic mass is 10.3. The molecule has 0 aliphatic rings. The van der Waals surface area contributed by atoms with E-state index in [1.807, 2.05) is 14.1 Å². The van der Waals surface area contributed by atoms with Crippen LogP contribution in [-0.4, -0.2) is 28.7 Å². The molecule has 0 fully saturated rings. The molecule has 1 aromatic heterocycles. The van der Waals surface area contributed by atoms with Gasteiger partial charge in [-0.1, -0.05) is 0 Å². The lowest BCUT2D eigenvalue weighted by Crippen LogP contribution is -2.16. The molecule has 0 saturated heterocycles. The van der Waals surface area contributed by atoms with Crippen LogP contribution in [-0.2, 0) is 0 Å². The van der Waals surface area contributed by atoms with E-state index < -0.39 is 0 Å². The number of halogens is 1. The maximum absolute atomic E-state index is 7.44. The van der Waals surface area contributed by atoms with E-state index in [9.17, 15) is 0 Å². The normalized spacial score (nSPS) is 9.77. The van der Waals surface area contributed by atoms with Crippen molar-refractivity contribution in [3.05, 3.63) is 11.9 Å². The van der Waals surface area contributed by atoms with Crippen LogP contribution in [0.5, 0.6) is 0 Å². The molecule has 1 heterocycles. The van der Waals surface area contributed by atoms with Crippen LogP contribution >= 0.6 is 15.9 Å². The monoisotopic (exact) mass is 243 g/mol. The lowest BCUT2D eigenvalue weighted by Gasteiger charge is -2.15. The molecule has 0 aromatic carbocycles. The minimum absolute atomic E-state index is 0.189. The Kier molecular flexibility index (Phi) is 2.82. The molecule has 1 aromatic rings. The average Bonchev–Trinajstić information content (AvgIpc) is 2.02. The molecule has 0 amide bonds. The van der Waals surface area contributed by atoms with Gasteiger partial charge in [-0.05, 0) is 15.9 Å². The number of hydrogen-bond donors (Lipinski definition) is 2. The molecule has 5 nitrogen and oxygen atoms in total. The first-order valence-electron chi connectivity index (χ1n) is 3.56. The van der Waals surface area contributed by atoms with E-state index in [1.165, 1.54) is 6.33 Å². The second kappa shape index (κ2) is 3.69. The van der Waals surface area contributed by atoms with Gasteiger partial charge >= 0.3 is 0 Å². The standard InChI is InChI=1S/C7H10BrN5/c1-13(2)7-4(5(8)9)6(10)11-3-12-7/h3,9H,1-2H3,(H2,10,11,12). The molecule has 0 aliphatic heterocycles. The first-order chi connectivity index (χ1) is 6.04. The Morgan fingerprint density at radius 2 is 2.15 bits per heavy atom. The fraction of sp³-hybridized carbons (Fsp3) is 0.286. The Morgan fingerprint density at radius 1 is 1.54 bits per heavy atom. The first kappa shape index (κ1) is 9.91. The summed E-state index contributed by atoms with van der Waals surface area (Å²) in [6.45, 7) is 0. The van der Waals surface area contributed by atoms with Gasteiger partial charge in [0.1, 0.15) is 22.6 Å². The molecule has 0 spiro atoms. The van der Waals surface area contributed by atoms with Crippen LogP contribution in [0.15, 0.2) is 6.33 Å². The molecular formula is C7H10BrN5. The summed E-state index contributed by atoms with van der Waals surface area (Å²) in [5, 5.41) is 7.44. The van der Waals surface area contributed by atoms with E-state index in [2.05, 4.69) is 25.9 Å². The summed E-state index contributed by atoms with van der Waals surface area (Å²) in [5.74, 6) is 0.940. The first-order valence-corrected chi connectivity index (χ1v) is 4.35. The zero-order valence-corrected chi connectivity index (χ0v) is 8.96. The minimum Gasteiger partial charge on any atom is -0.383 e. The van der Waals surface area contributed by atoms with E-state index in [-0.39, 0.29) is 4.62 Å². The van der Waals surface area contributed by atoms with Crippen molar-refractivity contribution in [1.29, 1.82) is 5.41 Å². The topological polar surface area (TPSA) is 78.9 Å². The van der Waals surface area contributed by atoms with Gasteiger partial charge in [-0.15, -0.1) is 0 Å². The van der Waals surface area contributed by atoms with Gasteiger partial charge in [0.05, 0.1) is 5.56 Å². The highest BCUT2D eigenvalue weighted by molar-refractivity contribution is 9.18. The maximum atomic E-state index is 7.44. The summed E-state index contributed by atoms with van der Waals surface area (Å²) >= 11 is 3.05. The van der Waals surface area contributed by atoms with Crippen molar-refractivity contribution in [2.45, 2.75) is 0 Å². The molecule has 0 bridgehead atoms. The molecule has 1 rings (SSSR count). The van der Waals surface area contributed by atoms with Crippen LogP contribution in [0.25, 0.3) is 0 Å². The zero-order chi connectivity index (χ0) is 10.0. The van der Waals surface area contributed by atoms with E-state index in [1.54, 1.807) is 4.90 Å². The number of nitrogens with one attached hydrogen (secondary N) is 1. The largest absolute Gasteiger partial charge is 0.383 e. The molecule has 0 atom stereocenters. The van der Waals surface area contributed by atoms with Gasteiger partial charge < -0.3 is 10.6 Å². The van der Waals surface area contributed by atoms with Crippen molar-refractivity contribution in [2.24, 2.45) is 0 Å². The molecule has 0 unspecified atom stereocenters. The molecule has 3 N–H and O–H groups in total. The highest BCUT2D eigenvalue weighted by Gasteiger charge is 2.13. The Bertz CT molecular complexity index is 336. The highest BCUT2D eigenvalue weighted by atomic mass is 79.9. The van der Waals surface area contributed by atoms with Crippen LogP contribution < -0.4 is 10.6 Å². The van der Waals surface area contributed by atoms with E-state index in [0.717, 1.165) is 0 Å². The van der Waals surface area contributed by atoms with Crippen LogP contribution in [0.2, 0.25) is 0 Å². The van der Waals surface area contributed by atoms with Crippen LogP contribution in [0, 0.1) is 5.41 Å². The van der Waals surface area contributed by atoms with Crippen molar-refractivity contribution in [3.8, 4) is 0 Å². The molecular weight excluding hydrogens is 234 g/mol. The van der Waals surface area contributed by atoms with Gasteiger partial charge in [-0.25, -0.2) is 9.97 Å². The van der Waals surface area contributed by atoms with Gasteiger partial charge in [0.15, 0.2) is 0 Å². The molecule has 0 radical (unpaired) electrons. The Morgan fingerprint density at radius 3 is 2.54 bits per heavy atom. The van der Waals surface area contributed by atoms with Crippen LogP contribution in [0.4, 0.5) is 11.6 Å². The predicted octanol–water partition coefficient (Wildman–Crippen LogP) is 0.845. The number of nitrogens with two attached hydrogens (primary N) is 1. The number of aromatic nitrogens is 2. The predicted molar refractivity (Wildman–Crippen MR) is 56.5 cm³/mol. The molecule has 0 saturated carbocycles. The average molecular weight is 244 g/mol. The van der Waals surface area contributed by atoms with Gasteiger partial charge in [0.2, 0.25) is 0 Å². The smallest absolute Gasteiger partial charge is 0.143 e. The van der Waals surface area contributed by atoms with Gasteiger partial charge in [-0.2, -0.15) is 0 Å². The van der Waals surface area contributed by atoms with Crippen molar-refractivity contribution < 1.29 is 0 Å². The molecule has 70 valence electrons. The second-order valence-corrected chi connectivity index (χ2v) is 3.46. The van der Waals surface area contributed by atoms with Crippen molar-refractivity contribution >= 4 is 32.2 Å². The minimum atomic E-state index is 0.189. The number of hydrogen-bond acceptors (Lipinski definition) is 5. The second-order valence-electron chi connectivity index (χ2n) is 2.67. The molecule has 13 heavy (non-hydrogen) atoms. The SMILES string of the molecule is CN(C)c1ncnc(N)c1C(=N)Br. The van der Waals surface area contributed by atoms with Crippen LogP contribution in [0.3, 0.4) is 0 Å². The number of rotatable bonds is 2. The number of anilines is 2.